The molecule has 0 N–H and O–H groups in total. The third-order valence-electron chi connectivity index (χ3n) is 4.27. The summed E-state index contributed by atoms with van der Waals surface area (Å²) >= 11 is 0. The third-order valence-corrected chi connectivity index (χ3v) is 4.27. The molecule has 0 amide bonds. The summed E-state index contributed by atoms with van der Waals surface area (Å²) in [6, 6.07) is 11.1. The largest absolute Gasteiger partial charge is 0.301 e. The van der Waals surface area contributed by atoms with Crippen LogP contribution in [-0.4, -0.2) is 42.5 Å². The highest BCUT2D eigenvalue weighted by molar-refractivity contribution is 5.15. The fourth-order valence-electron chi connectivity index (χ4n) is 2.96. The van der Waals surface area contributed by atoms with Crippen molar-refractivity contribution < 1.29 is 4.39 Å². The van der Waals surface area contributed by atoms with E-state index in [1.807, 2.05) is 12.1 Å². The number of hydrogen-bond acceptors (Lipinski definition) is 4. The number of halogens is 1. The van der Waals surface area contributed by atoms with E-state index in [4.69, 9.17) is 5.26 Å². The summed E-state index contributed by atoms with van der Waals surface area (Å²) in [6.45, 7) is 5.49. The van der Waals surface area contributed by atoms with Gasteiger partial charge >= 0.3 is 0 Å². The average molecular weight is 314 g/mol. The molecule has 0 spiro atoms. The summed E-state index contributed by atoms with van der Waals surface area (Å²) in [5.41, 5.74) is 1.13. The van der Waals surface area contributed by atoms with Gasteiger partial charge in [0.25, 0.3) is 0 Å². The lowest BCUT2D eigenvalue weighted by atomic mass is 10.0. The van der Waals surface area contributed by atoms with Gasteiger partial charge in [0, 0.05) is 32.6 Å². The summed E-state index contributed by atoms with van der Waals surface area (Å²) in [6.07, 6.45) is 2.17. The van der Waals surface area contributed by atoms with Crippen LogP contribution < -0.4 is 0 Å². The van der Waals surface area contributed by atoms with Crippen molar-refractivity contribution in [1.82, 2.24) is 9.80 Å². The van der Waals surface area contributed by atoms with Crippen molar-refractivity contribution in [2.75, 3.05) is 32.7 Å². The van der Waals surface area contributed by atoms with Crippen LogP contribution in [0, 0.1) is 34.4 Å². The Morgan fingerprint density at radius 1 is 1.04 bits per heavy atom. The number of nitriles is 2. The first-order valence-corrected chi connectivity index (χ1v) is 8.17. The summed E-state index contributed by atoms with van der Waals surface area (Å²) in [5, 5.41) is 17.8. The number of nitrogens with zero attached hydrogens (tertiary/aromatic N) is 4. The normalized spacial score (nSPS) is 17.9. The van der Waals surface area contributed by atoms with Gasteiger partial charge in [0.15, 0.2) is 0 Å². The predicted octanol–water partition coefficient (Wildman–Crippen LogP) is 2.78. The molecular weight excluding hydrogens is 291 g/mol. The van der Waals surface area contributed by atoms with Crippen LogP contribution in [0.15, 0.2) is 24.3 Å². The van der Waals surface area contributed by atoms with Crippen LogP contribution in [0.2, 0.25) is 0 Å². The highest BCUT2D eigenvalue weighted by atomic mass is 19.1. The Kier molecular flexibility index (Phi) is 7.00. The van der Waals surface area contributed by atoms with Gasteiger partial charge in [0.05, 0.1) is 18.1 Å². The molecule has 1 aromatic rings. The summed E-state index contributed by atoms with van der Waals surface area (Å²) in [5.74, 6) is -0.256. The number of rotatable bonds is 6. The van der Waals surface area contributed by atoms with Gasteiger partial charge in [-0.3, -0.25) is 4.90 Å². The Balaban J connectivity index is 1.81. The van der Waals surface area contributed by atoms with Crippen LogP contribution in [-0.2, 0) is 6.54 Å². The minimum absolute atomic E-state index is 0.0571. The van der Waals surface area contributed by atoms with Crippen LogP contribution in [0.3, 0.4) is 0 Å². The average Bonchev–Trinajstić information content (AvgIpc) is 2.79. The molecule has 1 saturated heterocycles. The van der Waals surface area contributed by atoms with Crippen LogP contribution >= 0.6 is 0 Å². The van der Waals surface area contributed by atoms with E-state index in [2.05, 4.69) is 21.9 Å². The van der Waals surface area contributed by atoms with Gasteiger partial charge in [0.1, 0.15) is 5.82 Å². The number of hydrogen-bond donors (Lipinski definition) is 0. The van der Waals surface area contributed by atoms with E-state index < -0.39 is 0 Å². The first-order chi connectivity index (χ1) is 11.2. The van der Waals surface area contributed by atoms with Crippen LogP contribution in [0.25, 0.3) is 0 Å². The van der Waals surface area contributed by atoms with Crippen molar-refractivity contribution in [3.05, 3.63) is 35.6 Å². The minimum atomic E-state index is -0.198. The van der Waals surface area contributed by atoms with Gasteiger partial charge in [-0.05, 0) is 43.6 Å². The van der Waals surface area contributed by atoms with E-state index >= 15 is 0 Å². The smallest absolute Gasteiger partial charge is 0.123 e. The second kappa shape index (κ2) is 9.25. The molecule has 1 fully saturated rings. The lowest BCUT2D eigenvalue weighted by Crippen LogP contribution is -2.33. The van der Waals surface area contributed by atoms with Crippen LogP contribution in [0.1, 0.15) is 24.8 Å². The van der Waals surface area contributed by atoms with E-state index in [9.17, 15) is 9.65 Å². The highest BCUT2D eigenvalue weighted by Gasteiger charge is 2.18. The van der Waals surface area contributed by atoms with Gasteiger partial charge in [-0.1, -0.05) is 12.1 Å². The lowest BCUT2D eigenvalue weighted by molar-refractivity contribution is 0.236. The highest BCUT2D eigenvalue weighted by Crippen LogP contribution is 2.13. The Hall–Kier alpha value is -1.95. The van der Waals surface area contributed by atoms with Gasteiger partial charge < -0.3 is 4.90 Å². The Labute approximate surface area is 137 Å². The van der Waals surface area contributed by atoms with Crippen molar-refractivity contribution >= 4 is 0 Å². The molecule has 5 heteroatoms. The maximum Gasteiger partial charge on any atom is 0.123 e. The molecule has 1 aliphatic heterocycles. The van der Waals surface area contributed by atoms with E-state index in [0.29, 0.717) is 12.8 Å². The van der Waals surface area contributed by atoms with Gasteiger partial charge in [-0.15, -0.1) is 0 Å². The van der Waals surface area contributed by atoms with Crippen molar-refractivity contribution in [2.24, 2.45) is 5.92 Å². The van der Waals surface area contributed by atoms with Crippen LogP contribution in [0.4, 0.5) is 4.39 Å². The molecule has 23 heavy (non-hydrogen) atoms. The maximum absolute atomic E-state index is 13.0. The lowest BCUT2D eigenvalue weighted by Gasteiger charge is -2.23. The Morgan fingerprint density at radius 3 is 2.43 bits per heavy atom. The molecule has 0 bridgehead atoms. The molecule has 1 aliphatic rings. The van der Waals surface area contributed by atoms with E-state index in [-0.39, 0.29) is 11.7 Å². The monoisotopic (exact) mass is 314 g/mol. The van der Waals surface area contributed by atoms with E-state index in [0.717, 1.165) is 51.3 Å². The second-order valence-electron chi connectivity index (χ2n) is 6.08. The first kappa shape index (κ1) is 17.4. The zero-order valence-electron chi connectivity index (χ0n) is 13.4. The van der Waals surface area contributed by atoms with Crippen molar-refractivity contribution in [3.8, 4) is 12.1 Å². The molecule has 4 nitrogen and oxygen atoms in total. The maximum atomic E-state index is 13.0. The zero-order valence-corrected chi connectivity index (χ0v) is 13.4. The quantitative estimate of drug-likeness (QED) is 0.810. The fraction of sp³-hybridized carbons (Fsp3) is 0.556. The summed E-state index contributed by atoms with van der Waals surface area (Å²) in [4.78, 5) is 4.71. The molecule has 0 radical (unpaired) electrons. The first-order valence-electron chi connectivity index (χ1n) is 8.17. The summed E-state index contributed by atoms with van der Waals surface area (Å²) < 4.78 is 13.0. The van der Waals surface area contributed by atoms with Crippen molar-refractivity contribution in [2.45, 2.75) is 25.8 Å². The van der Waals surface area contributed by atoms with Gasteiger partial charge in [0.2, 0.25) is 0 Å². The second-order valence-corrected chi connectivity index (χ2v) is 6.08. The Bertz CT molecular complexity index is 558. The molecule has 0 saturated carbocycles. The minimum Gasteiger partial charge on any atom is -0.301 e. The van der Waals surface area contributed by atoms with Crippen LogP contribution in [0.5, 0.6) is 0 Å². The van der Waals surface area contributed by atoms with Gasteiger partial charge in [-0.25, -0.2) is 4.39 Å². The van der Waals surface area contributed by atoms with Crippen molar-refractivity contribution in [3.63, 3.8) is 0 Å². The molecule has 1 heterocycles. The fourth-order valence-corrected chi connectivity index (χ4v) is 2.96. The molecule has 1 atom stereocenters. The zero-order chi connectivity index (χ0) is 16.5. The standard InChI is InChI=1S/C18H23FN4/c19-18-6-4-16(5-7-18)14-22-9-2-10-23(12-11-22)15-17(13-21)3-1-8-20/h4-7,17H,1-3,9-12,14-15H2/t17-/m1/s1. The molecule has 2 rings (SSSR count). The molecule has 1 aromatic carbocycles. The molecule has 0 unspecified atom stereocenters. The molecule has 122 valence electrons. The SMILES string of the molecule is N#CCC[C@H](C#N)CN1CCCN(Cc2ccc(F)cc2)CC1. The van der Waals surface area contributed by atoms with Crippen molar-refractivity contribution in [1.29, 1.82) is 10.5 Å². The summed E-state index contributed by atoms with van der Waals surface area (Å²) in [7, 11) is 0. The van der Waals surface area contributed by atoms with Gasteiger partial charge in [-0.2, -0.15) is 10.5 Å². The van der Waals surface area contributed by atoms with E-state index in [1.165, 1.54) is 12.1 Å². The topological polar surface area (TPSA) is 54.1 Å². The third kappa shape index (κ3) is 5.98. The molecular formula is C18H23FN4. The Morgan fingerprint density at radius 2 is 1.74 bits per heavy atom. The van der Waals surface area contributed by atoms with E-state index in [1.54, 1.807) is 0 Å². The predicted molar refractivity (Wildman–Crippen MR) is 86.7 cm³/mol. The molecule has 0 aromatic heterocycles. The number of benzene rings is 1. The molecule has 0 aliphatic carbocycles.